The van der Waals surface area contributed by atoms with Gasteiger partial charge in [-0.1, -0.05) is 23.8 Å². The summed E-state index contributed by atoms with van der Waals surface area (Å²) in [5.41, 5.74) is 3.15. The van der Waals surface area contributed by atoms with E-state index in [1.807, 2.05) is 25.1 Å². The van der Waals surface area contributed by atoms with Crippen molar-refractivity contribution in [2.45, 2.75) is 13.5 Å². The van der Waals surface area contributed by atoms with Crippen LogP contribution < -0.4 is 5.32 Å². The van der Waals surface area contributed by atoms with Crippen molar-refractivity contribution in [1.82, 2.24) is 0 Å². The smallest absolute Gasteiger partial charge is 0.339 e. The summed E-state index contributed by atoms with van der Waals surface area (Å²) in [4.78, 5) is 11.7. The highest BCUT2D eigenvalue weighted by molar-refractivity contribution is 5.95. The minimum absolute atomic E-state index is 0.224. The summed E-state index contributed by atoms with van der Waals surface area (Å²) in [5, 5.41) is 12.6. The molecule has 2 N–H and O–H groups in total. The molecule has 0 atom stereocenters. The number of carbonyl (C=O) groups is 1. The van der Waals surface area contributed by atoms with Crippen LogP contribution in [-0.2, 0) is 11.3 Å². The van der Waals surface area contributed by atoms with Crippen LogP contribution in [0.1, 0.15) is 21.5 Å². The van der Waals surface area contributed by atoms with Crippen LogP contribution in [0.15, 0.2) is 42.5 Å². The van der Waals surface area contributed by atoms with Crippen LogP contribution in [0.25, 0.3) is 0 Å². The maximum atomic E-state index is 11.7. The van der Waals surface area contributed by atoms with Gasteiger partial charge in [-0.15, -0.1) is 0 Å². The zero-order valence-electron chi connectivity index (χ0n) is 11.5. The molecule has 0 amide bonds. The average Bonchev–Trinajstić information content (AvgIpc) is 2.45. The highest BCUT2D eigenvalue weighted by Crippen LogP contribution is 2.20. The van der Waals surface area contributed by atoms with Crippen LogP contribution in [0.5, 0.6) is 5.75 Å². The predicted molar refractivity (Wildman–Crippen MR) is 78.0 cm³/mol. The van der Waals surface area contributed by atoms with Gasteiger partial charge < -0.3 is 15.2 Å². The van der Waals surface area contributed by atoms with Gasteiger partial charge >= 0.3 is 5.97 Å². The topological polar surface area (TPSA) is 58.6 Å². The molecule has 4 heteroatoms. The first-order valence-corrected chi connectivity index (χ1v) is 6.31. The lowest BCUT2D eigenvalue weighted by Gasteiger charge is -2.12. The van der Waals surface area contributed by atoms with Crippen molar-refractivity contribution in [3.63, 3.8) is 0 Å². The molecule has 2 aromatic rings. The van der Waals surface area contributed by atoms with E-state index in [4.69, 9.17) is 4.74 Å². The van der Waals surface area contributed by atoms with Crippen molar-refractivity contribution in [2.24, 2.45) is 0 Å². The third kappa shape index (κ3) is 3.29. The SMILES string of the molecule is COC(=O)c1cc(C)ccc1NCc1cccc(O)c1. The quantitative estimate of drug-likeness (QED) is 0.839. The Labute approximate surface area is 118 Å². The van der Waals surface area contributed by atoms with Crippen molar-refractivity contribution in [3.05, 3.63) is 59.2 Å². The van der Waals surface area contributed by atoms with Gasteiger partial charge in [-0.3, -0.25) is 0 Å². The van der Waals surface area contributed by atoms with Gasteiger partial charge in [-0.25, -0.2) is 4.79 Å². The molecule has 0 aliphatic rings. The molecule has 0 heterocycles. The van der Waals surface area contributed by atoms with Crippen LogP contribution in [0.3, 0.4) is 0 Å². The minimum Gasteiger partial charge on any atom is -0.508 e. The molecular weight excluding hydrogens is 254 g/mol. The Morgan fingerprint density at radius 3 is 2.75 bits per heavy atom. The largest absolute Gasteiger partial charge is 0.508 e. The molecule has 20 heavy (non-hydrogen) atoms. The van der Waals surface area contributed by atoms with Gasteiger partial charge in [-0.05, 0) is 36.8 Å². The third-order valence-corrected chi connectivity index (χ3v) is 2.97. The number of aromatic hydroxyl groups is 1. The minimum atomic E-state index is -0.368. The molecule has 2 rings (SSSR count). The summed E-state index contributed by atoms with van der Waals surface area (Å²) in [6.07, 6.45) is 0. The lowest BCUT2D eigenvalue weighted by molar-refractivity contribution is 0.0601. The van der Waals surface area contributed by atoms with Crippen LogP contribution in [0.4, 0.5) is 5.69 Å². The molecule has 104 valence electrons. The summed E-state index contributed by atoms with van der Waals surface area (Å²) in [6.45, 7) is 2.44. The Morgan fingerprint density at radius 2 is 2.05 bits per heavy atom. The van der Waals surface area contributed by atoms with Gasteiger partial charge in [-0.2, -0.15) is 0 Å². The van der Waals surface area contributed by atoms with Crippen molar-refractivity contribution in [3.8, 4) is 5.75 Å². The fourth-order valence-electron chi connectivity index (χ4n) is 1.95. The molecule has 0 unspecified atom stereocenters. The van der Waals surface area contributed by atoms with Gasteiger partial charge in [0.2, 0.25) is 0 Å². The molecule has 0 saturated carbocycles. The number of ether oxygens (including phenoxy) is 1. The molecule has 0 fully saturated rings. The van der Waals surface area contributed by atoms with E-state index in [1.54, 1.807) is 24.3 Å². The zero-order valence-corrected chi connectivity index (χ0v) is 11.5. The Bertz CT molecular complexity index is 623. The number of anilines is 1. The first-order valence-electron chi connectivity index (χ1n) is 6.31. The van der Waals surface area contributed by atoms with Crippen molar-refractivity contribution in [2.75, 3.05) is 12.4 Å². The maximum Gasteiger partial charge on any atom is 0.339 e. The number of rotatable bonds is 4. The number of carbonyl (C=O) groups excluding carboxylic acids is 1. The zero-order chi connectivity index (χ0) is 14.5. The number of hydrogen-bond donors (Lipinski definition) is 2. The van der Waals surface area contributed by atoms with Gasteiger partial charge in [0.25, 0.3) is 0 Å². The summed E-state index contributed by atoms with van der Waals surface area (Å²) >= 11 is 0. The Balaban J connectivity index is 2.19. The number of hydrogen-bond acceptors (Lipinski definition) is 4. The number of aryl methyl sites for hydroxylation is 1. The lowest BCUT2D eigenvalue weighted by Crippen LogP contribution is -2.08. The summed E-state index contributed by atoms with van der Waals surface area (Å²) in [5.74, 6) is -0.145. The molecule has 0 bridgehead atoms. The van der Waals surface area contributed by atoms with Crippen molar-refractivity contribution >= 4 is 11.7 Å². The van der Waals surface area contributed by atoms with Gasteiger partial charge in [0, 0.05) is 12.2 Å². The summed E-state index contributed by atoms with van der Waals surface area (Å²) in [7, 11) is 1.36. The lowest BCUT2D eigenvalue weighted by atomic mass is 10.1. The predicted octanol–water partition coefficient (Wildman–Crippen LogP) is 3.10. The van der Waals surface area contributed by atoms with Gasteiger partial charge in [0.1, 0.15) is 5.75 Å². The number of esters is 1. The Morgan fingerprint density at radius 1 is 1.25 bits per heavy atom. The van der Waals surface area contributed by atoms with E-state index in [-0.39, 0.29) is 11.7 Å². The number of benzene rings is 2. The third-order valence-electron chi connectivity index (χ3n) is 2.97. The van der Waals surface area contributed by atoms with E-state index in [0.29, 0.717) is 17.8 Å². The second kappa shape index (κ2) is 6.10. The normalized spacial score (nSPS) is 10.1. The van der Waals surface area contributed by atoms with E-state index in [9.17, 15) is 9.90 Å². The number of methoxy groups -OCH3 is 1. The van der Waals surface area contributed by atoms with E-state index in [1.165, 1.54) is 7.11 Å². The molecule has 0 aliphatic carbocycles. The number of nitrogens with one attached hydrogen (secondary N) is 1. The van der Waals surface area contributed by atoms with E-state index >= 15 is 0 Å². The Hall–Kier alpha value is -2.49. The second-order valence-electron chi connectivity index (χ2n) is 4.56. The van der Waals surface area contributed by atoms with Crippen LogP contribution in [-0.4, -0.2) is 18.2 Å². The molecule has 4 nitrogen and oxygen atoms in total. The second-order valence-corrected chi connectivity index (χ2v) is 4.56. The summed E-state index contributed by atoms with van der Waals surface area (Å²) < 4.78 is 4.78. The average molecular weight is 271 g/mol. The van der Waals surface area contributed by atoms with Crippen molar-refractivity contribution in [1.29, 1.82) is 0 Å². The number of phenols is 1. The molecule has 0 aromatic heterocycles. The fraction of sp³-hybridized carbons (Fsp3) is 0.188. The monoisotopic (exact) mass is 271 g/mol. The molecule has 0 aliphatic heterocycles. The van der Waals surface area contributed by atoms with Crippen molar-refractivity contribution < 1.29 is 14.6 Å². The first kappa shape index (κ1) is 13.9. The van der Waals surface area contributed by atoms with Crippen LogP contribution >= 0.6 is 0 Å². The maximum absolute atomic E-state index is 11.7. The highest BCUT2D eigenvalue weighted by Gasteiger charge is 2.11. The highest BCUT2D eigenvalue weighted by atomic mass is 16.5. The first-order chi connectivity index (χ1) is 9.60. The van der Waals surface area contributed by atoms with E-state index in [2.05, 4.69) is 5.32 Å². The fourth-order valence-corrected chi connectivity index (χ4v) is 1.95. The van der Waals surface area contributed by atoms with E-state index in [0.717, 1.165) is 11.1 Å². The molecular formula is C16H17NO3. The van der Waals surface area contributed by atoms with Crippen LogP contribution in [0.2, 0.25) is 0 Å². The Kier molecular flexibility index (Phi) is 4.25. The molecule has 0 radical (unpaired) electrons. The van der Waals surface area contributed by atoms with Crippen LogP contribution in [0, 0.1) is 6.92 Å². The standard InChI is InChI=1S/C16H17NO3/c1-11-6-7-15(14(8-11)16(19)20-2)17-10-12-4-3-5-13(18)9-12/h3-9,17-18H,10H2,1-2H3. The summed E-state index contributed by atoms with van der Waals surface area (Å²) in [6, 6.07) is 12.5. The molecule has 0 saturated heterocycles. The van der Waals surface area contributed by atoms with Gasteiger partial charge in [0.05, 0.1) is 12.7 Å². The number of phenolic OH excluding ortho intramolecular Hbond substituents is 1. The molecule has 2 aromatic carbocycles. The molecule has 0 spiro atoms. The van der Waals surface area contributed by atoms with E-state index < -0.39 is 0 Å². The van der Waals surface area contributed by atoms with Gasteiger partial charge in [0.15, 0.2) is 0 Å².